The highest BCUT2D eigenvalue weighted by Gasteiger charge is 2.18. The molecule has 2 nitrogen and oxygen atoms in total. The van der Waals surface area contributed by atoms with Gasteiger partial charge in [0.15, 0.2) is 0 Å². The third kappa shape index (κ3) is 3.27. The quantitative estimate of drug-likeness (QED) is 0.882. The Morgan fingerprint density at radius 3 is 2.29 bits per heavy atom. The third-order valence-electron chi connectivity index (χ3n) is 4.00. The van der Waals surface area contributed by atoms with Crippen molar-refractivity contribution in [1.82, 2.24) is 5.32 Å². The Hall–Kier alpha value is -1.80. The van der Waals surface area contributed by atoms with E-state index in [2.05, 4.69) is 69.4 Å². The molecule has 112 valence electrons. The number of benzene rings is 2. The van der Waals surface area contributed by atoms with Crippen LogP contribution in [0.4, 0.5) is 0 Å². The summed E-state index contributed by atoms with van der Waals surface area (Å²) in [5.41, 5.74) is 6.41. The van der Waals surface area contributed by atoms with Crippen LogP contribution in [-0.4, -0.2) is 13.7 Å². The number of nitrogens with one attached hydrogen (secondary N) is 1. The lowest BCUT2D eigenvalue weighted by atomic mass is 9.91. The zero-order chi connectivity index (χ0) is 15.4. The van der Waals surface area contributed by atoms with Crippen LogP contribution < -0.4 is 10.1 Å². The minimum atomic E-state index is 0.223. The number of rotatable bonds is 5. The van der Waals surface area contributed by atoms with Gasteiger partial charge in [-0.2, -0.15) is 0 Å². The number of methoxy groups -OCH3 is 1. The molecule has 1 N–H and O–H groups in total. The average Bonchev–Trinajstić information content (AvgIpc) is 2.48. The summed E-state index contributed by atoms with van der Waals surface area (Å²) in [7, 11) is 1.73. The molecule has 2 heteroatoms. The normalized spacial score (nSPS) is 12.2. The maximum absolute atomic E-state index is 5.43. The SMILES string of the molecule is CCNC(c1ccccc1C)c1cc(C)c(OC)cc1C. The van der Waals surface area contributed by atoms with Gasteiger partial charge in [0.25, 0.3) is 0 Å². The van der Waals surface area contributed by atoms with E-state index in [1.54, 1.807) is 7.11 Å². The van der Waals surface area contributed by atoms with Crippen molar-refractivity contribution >= 4 is 0 Å². The molecule has 0 aliphatic rings. The van der Waals surface area contributed by atoms with Crippen LogP contribution in [0.2, 0.25) is 0 Å². The molecule has 0 bridgehead atoms. The standard InChI is InChI=1S/C19H25NO/c1-6-20-19(16-10-8-7-9-13(16)2)17-11-15(4)18(21-5)12-14(17)3/h7-12,19-20H,6H2,1-5H3. The van der Waals surface area contributed by atoms with Crippen molar-refractivity contribution in [3.05, 3.63) is 64.2 Å². The van der Waals surface area contributed by atoms with Gasteiger partial charge in [-0.1, -0.05) is 37.3 Å². The molecule has 21 heavy (non-hydrogen) atoms. The minimum Gasteiger partial charge on any atom is -0.496 e. The first-order valence-electron chi connectivity index (χ1n) is 7.52. The van der Waals surface area contributed by atoms with Gasteiger partial charge < -0.3 is 10.1 Å². The maximum atomic E-state index is 5.43. The molecule has 0 saturated carbocycles. The largest absolute Gasteiger partial charge is 0.496 e. The van der Waals surface area contributed by atoms with E-state index in [1.165, 1.54) is 27.8 Å². The zero-order valence-electron chi connectivity index (χ0n) is 13.7. The summed E-state index contributed by atoms with van der Waals surface area (Å²) in [5, 5.41) is 3.62. The van der Waals surface area contributed by atoms with Crippen molar-refractivity contribution in [3.8, 4) is 5.75 Å². The van der Waals surface area contributed by atoms with Crippen molar-refractivity contribution in [2.75, 3.05) is 13.7 Å². The first-order valence-corrected chi connectivity index (χ1v) is 7.52. The van der Waals surface area contributed by atoms with Gasteiger partial charge in [-0.15, -0.1) is 0 Å². The van der Waals surface area contributed by atoms with Gasteiger partial charge >= 0.3 is 0 Å². The van der Waals surface area contributed by atoms with Crippen molar-refractivity contribution in [1.29, 1.82) is 0 Å². The second-order valence-electron chi connectivity index (χ2n) is 5.53. The smallest absolute Gasteiger partial charge is 0.122 e. The van der Waals surface area contributed by atoms with Crippen LogP contribution in [0.1, 0.15) is 40.8 Å². The highest BCUT2D eigenvalue weighted by molar-refractivity contribution is 5.47. The van der Waals surface area contributed by atoms with E-state index in [9.17, 15) is 0 Å². The van der Waals surface area contributed by atoms with Gasteiger partial charge in [0, 0.05) is 0 Å². The van der Waals surface area contributed by atoms with Crippen LogP contribution in [0.5, 0.6) is 5.75 Å². The molecule has 0 fully saturated rings. The van der Waals surface area contributed by atoms with Crippen LogP contribution in [0.15, 0.2) is 36.4 Å². The third-order valence-corrected chi connectivity index (χ3v) is 4.00. The summed E-state index contributed by atoms with van der Waals surface area (Å²) in [6, 6.07) is 13.2. The lowest BCUT2D eigenvalue weighted by molar-refractivity contribution is 0.411. The van der Waals surface area contributed by atoms with E-state index in [-0.39, 0.29) is 6.04 Å². The Bertz CT molecular complexity index is 619. The van der Waals surface area contributed by atoms with E-state index >= 15 is 0 Å². The Labute approximate surface area is 128 Å². The molecule has 0 radical (unpaired) electrons. The van der Waals surface area contributed by atoms with Gasteiger partial charge in [0.05, 0.1) is 13.2 Å². The van der Waals surface area contributed by atoms with Crippen molar-refractivity contribution in [2.45, 2.75) is 33.7 Å². The Balaban J connectivity index is 2.53. The lowest BCUT2D eigenvalue weighted by Gasteiger charge is -2.24. The monoisotopic (exact) mass is 283 g/mol. The molecule has 0 spiro atoms. The van der Waals surface area contributed by atoms with Gasteiger partial charge in [-0.3, -0.25) is 0 Å². The molecule has 0 aliphatic carbocycles. The van der Waals surface area contributed by atoms with E-state index in [0.717, 1.165) is 12.3 Å². The Morgan fingerprint density at radius 2 is 1.67 bits per heavy atom. The molecule has 0 heterocycles. The topological polar surface area (TPSA) is 21.3 Å². The molecule has 2 aromatic rings. The second kappa shape index (κ2) is 6.77. The van der Waals surface area contributed by atoms with Crippen molar-refractivity contribution in [2.24, 2.45) is 0 Å². The first-order chi connectivity index (χ1) is 10.1. The summed E-state index contributed by atoms with van der Waals surface area (Å²) in [5.74, 6) is 0.955. The molecular formula is C19H25NO. The summed E-state index contributed by atoms with van der Waals surface area (Å²) in [4.78, 5) is 0. The zero-order valence-corrected chi connectivity index (χ0v) is 13.7. The first kappa shape index (κ1) is 15.6. The molecule has 1 unspecified atom stereocenters. The predicted molar refractivity (Wildman–Crippen MR) is 89.2 cm³/mol. The highest BCUT2D eigenvalue weighted by atomic mass is 16.5. The second-order valence-corrected chi connectivity index (χ2v) is 5.53. The van der Waals surface area contributed by atoms with E-state index in [0.29, 0.717) is 0 Å². The van der Waals surface area contributed by atoms with Gasteiger partial charge in [-0.05, 0) is 61.2 Å². The fraction of sp³-hybridized carbons (Fsp3) is 0.368. The number of ether oxygens (including phenoxy) is 1. The van der Waals surface area contributed by atoms with Crippen LogP contribution in [-0.2, 0) is 0 Å². The summed E-state index contributed by atoms with van der Waals surface area (Å²) < 4.78 is 5.43. The molecular weight excluding hydrogens is 258 g/mol. The predicted octanol–water partition coefficient (Wildman–Crippen LogP) is 4.32. The molecule has 0 amide bonds. The summed E-state index contributed by atoms with van der Waals surface area (Å²) in [6.07, 6.45) is 0. The summed E-state index contributed by atoms with van der Waals surface area (Å²) in [6.45, 7) is 9.51. The Morgan fingerprint density at radius 1 is 0.952 bits per heavy atom. The fourth-order valence-electron chi connectivity index (χ4n) is 2.85. The van der Waals surface area contributed by atoms with Crippen LogP contribution in [0, 0.1) is 20.8 Å². The molecule has 2 aromatic carbocycles. The Kier molecular flexibility index (Phi) is 5.03. The van der Waals surface area contributed by atoms with Crippen LogP contribution in [0.3, 0.4) is 0 Å². The molecule has 0 aliphatic heterocycles. The van der Waals surface area contributed by atoms with Crippen molar-refractivity contribution < 1.29 is 4.74 Å². The minimum absolute atomic E-state index is 0.223. The van der Waals surface area contributed by atoms with Gasteiger partial charge in [-0.25, -0.2) is 0 Å². The van der Waals surface area contributed by atoms with E-state index in [4.69, 9.17) is 4.74 Å². The van der Waals surface area contributed by atoms with E-state index < -0.39 is 0 Å². The van der Waals surface area contributed by atoms with Gasteiger partial charge in [0.2, 0.25) is 0 Å². The average molecular weight is 283 g/mol. The maximum Gasteiger partial charge on any atom is 0.122 e. The molecule has 2 rings (SSSR count). The van der Waals surface area contributed by atoms with Crippen LogP contribution >= 0.6 is 0 Å². The highest BCUT2D eigenvalue weighted by Crippen LogP contribution is 2.31. The summed E-state index contributed by atoms with van der Waals surface area (Å²) >= 11 is 0. The number of hydrogen-bond acceptors (Lipinski definition) is 2. The molecule has 1 atom stereocenters. The molecule has 0 saturated heterocycles. The number of hydrogen-bond donors (Lipinski definition) is 1. The van der Waals surface area contributed by atoms with Crippen molar-refractivity contribution in [3.63, 3.8) is 0 Å². The van der Waals surface area contributed by atoms with Gasteiger partial charge in [0.1, 0.15) is 5.75 Å². The lowest BCUT2D eigenvalue weighted by Crippen LogP contribution is -2.23. The molecule has 0 aromatic heterocycles. The number of aryl methyl sites for hydroxylation is 3. The van der Waals surface area contributed by atoms with E-state index in [1.807, 2.05) is 0 Å². The van der Waals surface area contributed by atoms with Crippen LogP contribution in [0.25, 0.3) is 0 Å². The fourth-order valence-corrected chi connectivity index (χ4v) is 2.85.